The lowest BCUT2D eigenvalue weighted by molar-refractivity contribution is -0.186. The molecule has 112 valence electrons. The van der Waals surface area contributed by atoms with Gasteiger partial charge in [-0.3, -0.25) is 16.3 Å². The maximum atomic E-state index is 12.8. The van der Waals surface area contributed by atoms with Crippen molar-refractivity contribution < 1.29 is 13.2 Å². The fourth-order valence-corrected chi connectivity index (χ4v) is 3.00. The second-order valence-electron chi connectivity index (χ2n) is 5.46. The largest absolute Gasteiger partial charge is 0.391 e. The molecule has 0 aliphatic heterocycles. The SMILES string of the molecule is NNC(Cc1ccccn1)C1CCCC(C(F)(F)F)C1. The number of halogens is 3. The summed E-state index contributed by atoms with van der Waals surface area (Å²) in [4.78, 5) is 4.21. The number of pyridine rings is 1. The van der Waals surface area contributed by atoms with E-state index in [1.165, 1.54) is 0 Å². The quantitative estimate of drug-likeness (QED) is 0.661. The number of hydrazine groups is 1. The highest BCUT2D eigenvalue weighted by Crippen LogP contribution is 2.41. The van der Waals surface area contributed by atoms with E-state index in [1.807, 2.05) is 18.2 Å². The summed E-state index contributed by atoms with van der Waals surface area (Å²) in [5, 5.41) is 0. The summed E-state index contributed by atoms with van der Waals surface area (Å²) in [5.74, 6) is 4.30. The average molecular weight is 287 g/mol. The number of nitrogens with one attached hydrogen (secondary N) is 1. The Morgan fingerprint density at radius 1 is 1.35 bits per heavy atom. The minimum atomic E-state index is -4.09. The Morgan fingerprint density at radius 3 is 2.75 bits per heavy atom. The van der Waals surface area contributed by atoms with Crippen LogP contribution in [0.2, 0.25) is 0 Å². The molecule has 0 amide bonds. The normalized spacial score (nSPS) is 25.4. The molecule has 0 saturated heterocycles. The molecule has 0 bridgehead atoms. The first-order valence-electron chi connectivity index (χ1n) is 6.93. The zero-order valence-corrected chi connectivity index (χ0v) is 11.2. The highest BCUT2D eigenvalue weighted by atomic mass is 19.4. The third-order valence-corrected chi connectivity index (χ3v) is 4.12. The van der Waals surface area contributed by atoms with Gasteiger partial charge in [0.15, 0.2) is 0 Å². The minimum Gasteiger partial charge on any atom is -0.271 e. The van der Waals surface area contributed by atoms with Gasteiger partial charge in [-0.25, -0.2) is 0 Å². The smallest absolute Gasteiger partial charge is 0.271 e. The van der Waals surface area contributed by atoms with Crippen molar-refractivity contribution in [3.8, 4) is 0 Å². The van der Waals surface area contributed by atoms with E-state index in [-0.39, 0.29) is 24.8 Å². The van der Waals surface area contributed by atoms with Gasteiger partial charge in [0, 0.05) is 24.4 Å². The monoisotopic (exact) mass is 287 g/mol. The van der Waals surface area contributed by atoms with E-state index in [9.17, 15) is 13.2 Å². The Kier molecular flexibility index (Phi) is 4.99. The number of hydrogen-bond donors (Lipinski definition) is 2. The van der Waals surface area contributed by atoms with Crippen LogP contribution in [0.25, 0.3) is 0 Å². The van der Waals surface area contributed by atoms with Crippen LogP contribution in [-0.4, -0.2) is 17.2 Å². The Labute approximate surface area is 116 Å². The Bertz CT molecular complexity index is 408. The first kappa shape index (κ1) is 15.3. The molecule has 1 aliphatic carbocycles. The fraction of sp³-hybridized carbons (Fsp3) is 0.643. The molecular formula is C14H20F3N3. The Balaban J connectivity index is 2.00. The van der Waals surface area contributed by atoms with Crippen molar-refractivity contribution >= 4 is 0 Å². The second kappa shape index (κ2) is 6.54. The van der Waals surface area contributed by atoms with Gasteiger partial charge in [-0.05, 0) is 37.3 Å². The average Bonchev–Trinajstić information content (AvgIpc) is 2.45. The van der Waals surface area contributed by atoms with Gasteiger partial charge in [-0.15, -0.1) is 0 Å². The number of rotatable bonds is 4. The standard InChI is InChI=1S/C14H20F3N3/c15-14(16,17)11-5-3-4-10(8-11)13(20-18)9-12-6-1-2-7-19-12/h1-2,6-7,10-11,13,20H,3-5,8-9,18H2. The van der Waals surface area contributed by atoms with Crippen LogP contribution in [-0.2, 0) is 6.42 Å². The summed E-state index contributed by atoms with van der Waals surface area (Å²) in [6.45, 7) is 0. The second-order valence-corrected chi connectivity index (χ2v) is 5.46. The molecule has 2 rings (SSSR count). The molecule has 1 aliphatic rings. The van der Waals surface area contributed by atoms with Crippen molar-refractivity contribution in [3.63, 3.8) is 0 Å². The maximum Gasteiger partial charge on any atom is 0.391 e. The molecule has 1 heterocycles. The summed E-state index contributed by atoms with van der Waals surface area (Å²) in [5.41, 5.74) is 3.54. The molecule has 6 heteroatoms. The molecule has 0 radical (unpaired) electrons. The van der Waals surface area contributed by atoms with Crippen molar-refractivity contribution in [3.05, 3.63) is 30.1 Å². The van der Waals surface area contributed by atoms with Crippen LogP contribution >= 0.6 is 0 Å². The third-order valence-electron chi connectivity index (χ3n) is 4.12. The summed E-state index contributed by atoms with van der Waals surface area (Å²) >= 11 is 0. The van der Waals surface area contributed by atoms with E-state index in [1.54, 1.807) is 6.20 Å². The van der Waals surface area contributed by atoms with Gasteiger partial charge < -0.3 is 0 Å². The molecule has 1 aromatic heterocycles. The van der Waals surface area contributed by atoms with Crippen molar-refractivity contribution in [2.24, 2.45) is 17.7 Å². The molecule has 3 nitrogen and oxygen atoms in total. The predicted molar refractivity (Wildman–Crippen MR) is 70.6 cm³/mol. The first-order valence-corrected chi connectivity index (χ1v) is 6.93. The van der Waals surface area contributed by atoms with E-state index >= 15 is 0 Å². The van der Waals surface area contributed by atoms with Gasteiger partial charge in [-0.2, -0.15) is 13.2 Å². The van der Waals surface area contributed by atoms with Crippen LogP contribution in [0.15, 0.2) is 24.4 Å². The highest BCUT2D eigenvalue weighted by molar-refractivity contribution is 5.06. The molecule has 1 aromatic rings. The fourth-order valence-electron chi connectivity index (χ4n) is 3.00. The molecule has 20 heavy (non-hydrogen) atoms. The topological polar surface area (TPSA) is 50.9 Å². The summed E-state index contributed by atoms with van der Waals surface area (Å²) in [7, 11) is 0. The lowest BCUT2D eigenvalue weighted by atomic mass is 9.76. The van der Waals surface area contributed by atoms with Crippen LogP contribution in [0.5, 0.6) is 0 Å². The summed E-state index contributed by atoms with van der Waals surface area (Å²) < 4.78 is 38.5. The van der Waals surface area contributed by atoms with Crippen molar-refractivity contribution in [2.75, 3.05) is 0 Å². The zero-order chi connectivity index (χ0) is 14.6. The van der Waals surface area contributed by atoms with E-state index in [2.05, 4.69) is 10.4 Å². The zero-order valence-electron chi connectivity index (χ0n) is 11.2. The van der Waals surface area contributed by atoms with Crippen LogP contribution in [0.3, 0.4) is 0 Å². The van der Waals surface area contributed by atoms with E-state index in [0.29, 0.717) is 12.8 Å². The molecular weight excluding hydrogens is 267 g/mol. The van der Waals surface area contributed by atoms with Gasteiger partial charge in [-0.1, -0.05) is 12.5 Å². The third kappa shape index (κ3) is 3.93. The summed E-state index contributed by atoms with van der Waals surface area (Å²) in [6.07, 6.45) is -0.0622. The molecule has 1 saturated carbocycles. The van der Waals surface area contributed by atoms with Crippen molar-refractivity contribution in [1.29, 1.82) is 0 Å². The van der Waals surface area contributed by atoms with Crippen molar-refractivity contribution in [1.82, 2.24) is 10.4 Å². The van der Waals surface area contributed by atoms with Gasteiger partial charge in [0.25, 0.3) is 0 Å². The van der Waals surface area contributed by atoms with Gasteiger partial charge in [0.2, 0.25) is 0 Å². The van der Waals surface area contributed by atoms with E-state index < -0.39 is 12.1 Å². The maximum absolute atomic E-state index is 12.8. The molecule has 3 unspecified atom stereocenters. The number of alkyl halides is 3. The molecule has 1 fully saturated rings. The van der Waals surface area contributed by atoms with E-state index in [4.69, 9.17) is 5.84 Å². The number of hydrogen-bond acceptors (Lipinski definition) is 3. The molecule has 0 aromatic carbocycles. The number of aromatic nitrogens is 1. The van der Waals surface area contributed by atoms with Crippen LogP contribution < -0.4 is 11.3 Å². The predicted octanol–water partition coefficient (Wildman–Crippen LogP) is 2.82. The lowest BCUT2D eigenvalue weighted by Crippen LogP contribution is -2.45. The Hall–Kier alpha value is -1.14. The first-order chi connectivity index (χ1) is 9.50. The molecule has 0 spiro atoms. The van der Waals surface area contributed by atoms with Gasteiger partial charge >= 0.3 is 6.18 Å². The summed E-state index contributed by atoms with van der Waals surface area (Å²) in [6, 6.07) is 5.40. The van der Waals surface area contributed by atoms with E-state index in [0.717, 1.165) is 12.1 Å². The molecule has 3 N–H and O–H groups in total. The van der Waals surface area contributed by atoms with Crippen LogP contribution in [0.1, 0.15) is 31.4 Å². The number of nitrogens with zero attached hydrogens (tertiary/aromatic N) is 1. The van der Waals surface area contributed by atoms with Crippen molar-refractivity contribution in [2.45, 2.75) is 44.3 Å². The van der Waals surface area contributed by atoms with Crippen LogP contribution in [0, 0.1) is 11.8 Å². The minimum absolute atomic E-state index is 0.0534. The molecule has 3 atom stereocenters. The highest BCUT2D eigenvalue weighted by Gasteiger charge is 2.43. The Morgan fingerprint density at radius 2 is 2.15 bits per heavy atom. The van der Waals surface area contributed by atoms with Crippen LogP contribution in [0.4, 0.5) is 13.2 Å². The van der Waals surface area contributed by atoms with Gasteiger partial charge in [0.1, 0.15) is 0 Å². The lowest BCUT2D eigenvalue weighted by Gasteiger charge is -2.35. The van der Waals surface area contributed by atoms with Gasteiger partial charge in [0.05, 0.1) is 5.92 Å². The number of nitrogens with two attached hydrogens (primary N) is 1.